The van der Waals surface area contributed by atoms with E-state index in [0.717, 1.165) is 25.1 Å². The summed E-state index contributed by atoms with van der Waals surface area (Å²) in [5.74, 6) is 1.20. The van der Waals surface area contributed by atoms with Gasteiger partial charge in [-0.25, -0.2) is 0 Å². The van der Waals surface area contributed by atoms with E-state index in [1.807, 2.05) is 11.8 Å². The molecule has 1 unspecified atom stereocenters. The van der Waals surface area contributed by atoms with Gasteiger partial charge >= 0.3 is 0 Å². The van der Waals surface area contributed by atoms with E-state index in [1.165, 1.54) is 25.7 Å². The smallest absolute Gasteiger partial charge is 0.220 e. The van der Waals surface area contributed by atoms with Crippen LogP contribution in [-0.4, -0.2) is 30.0 Å². The van der Waals surface area contributed by atoms with E-state index < -0.39 is 0 Å². The monoisotopic (exact) mass is 286 g/mol. The third kappa shape index (κ3) is 6.17. The van der Waals surface area contributed by atoms with Crippen LogP contribution in [0.1, 0.15) is 58.8 Å². The zero-order chi connectivity index (χ0) is 14.1. The Morgan fingerprint density at radius 2 is 2.05 bits per heavy atom. The quantitative estimate of drug-likeness (QED) is 0.675. The van der Waals surface area contributed by atoms with Crippen LogP contribution < -0.4 is 11.1 Å². The van der Waals surface area contributed by atoms with Crippen LogP contribution in [0, 0.1) is 5.41 Å². The highest BCUT2D eigenvalue weighted by Crippen LogP contribution is 2.38. The molecule has 1 rings (SSSR count). The molecule has 19 heavy (non-hydrogen) atoms. The second kappa shape index (κ2) is 8.85. The van der Waals surface area contributed by atoms with E-state index in [0.29, 0.717) is 18.2 Å². The van der Waals surface area contributed by atoms with Crippen LogP contribution in [0.2, 0.25) is 0 Å². The largest absolute Gasteiger partial charge is 0.355 e. The van der Waals surface area contributed by atoms with Gasteiger partial charge in [-0.15, -0.1) is 0 Å². The van der Waals surface area contributed by atoms with Crippen LogP contribution in [0.25, 0.3) is 0 Å². The molecule has 0 aromatic rings. The van der Waals surface area contributed by atoms with Gasteiger partial charge in [0.1, 0.15) is 0 Å². The van der Waals surface area contributed by atoms with E-state index in [-0.39, 0.29) is 11.3 Å². The fourth-order valence-electron chi connectivity index (χ4n) is 2.73. The fourth-order valence-corrected chi connectivity index (χ4v) is 3.58. The van der Waals surface area contributed by atoms with Gasteiger partial charge in [0.2, 0.25) is 5.91 Å². The van der Waals surface area contributed by atoms with E-state index in [2.05, 4.69) is 19.2 Å². The Morgan fingerprint density at radius 3 is 2.63 bits per heavy atom. The number of carbonyl (C=O) groups excluding carboxylic acids is 1. The number of hydrogen-bond acceptors (Lipinski definition) is 3. The normalized spacial score (nSPS) is 19.9. The van der Waals surface area contributed by atoms with Gasteiger partial charge in [-0.1, -0.05) is 33.1 Å². The lowest BCUT2D eigenvalue weighted by atomic mass is 9.72. The Hall–Kier alpha value is -0.220. The van der Waals surface area contributed by atoms with Crippen molar-refractivity contribution in [2.75, 3.05) is 18.8 Å². The lowest BCUT2D eigenvalue weighted by Gasteiger charge is -2.35. The number of hydrogen-bond donors (Lipinski definition) is 2. The lowest BCUT2D eigenvalue weighted by molar-refractivity contribution is -0.123. The van der Waals surface area contributed by atoms with Crippen molar-refractivity contribution in [2.24, 2.45) is 11.1 Å². The van der Waals surface area contributed by atoms with E-state index >= 15 is 0 Å². The number of nitrogens with one attached hydrogen (secondary N) is 1. The van der Waals surface area contributed by atoms with Crippen LogP contribution >= 0.6 is 11.8 Å². The molecule has 1 aliphatic rings. The molecule has 0 heterocycles. The molecule has 4 heteroatoms. The molecule has 0 aromatic carbocycles. The summed E-state index contributed by atoms with van der Waals surface area (Å²) in [4.78, 5) is 12.0. The van der Waals surface area contributed by atoms with Crippen molar-refractivity contribution in [2.45, 2.75) is 64.0 Å². The predicted molar refractivity (Wildman–Crippen MR) is 84.4 cm³/mol. The first-order valence-corrected chi connectivity index (χ1v) is 8.75. The maximum absolute atomic E-state index is 12.0. The number of carbonyl (C=O) groups is 1. The summed E-state index contributed by atoms with van der Waals surface area (Å²) in [5.41, 5.74) is 6.00. The molecule has 0 saturated heterocycles. The van der Waals surface area contributed by atoms with Crippen molar-refractivity contribution >= 4 is 17.7 Å². The Labute approximate surface area is 122 Å². The van der Waals surface area contributed by atoms with E-state index in [9.17, 15) is 4.79 Å². The van der Waals surface area contributed by atoms with Crippen LogP contribution in [0.15, 0.2) is 0 Å². The molecule has 1 amide bonds. The summed E-state index contributed by atoms with van der Waals surface area (Å²) in [6.45, 7) is 5.87. The van der Waals surface area contributed by atoms with Crippen molar-refractivity contribution in [1.29, 1.82) is 0 Å². The SMILES string of the molecule is CCC(C)SCCNC(=O)CC1(CN)CCCCC1. The van der Waals surface area contributed by atoms with Crippen molar-refractivity contribution in [3.8, 4) is 0 Å². The molecular formula is C15H30N2OS. The molecule has 1 aliphatic carbocycles. The van der Waals surface area contributed by atoms with Crippen molar-refractivity contribution < 1.29 is 4.79 Å². The predicted octanol–water partition coefficient (Wildman–Crippen LogP) is 2.93. The van der Waals surface area contributed by atoms with Crippen molar-refractivity contribution in [3.05, 3.63) is 0 Å². The maximum Gasteiger partial charge on any atom is 0.220 e. The van der Waals surface area contributed by atoms with Gasteiger partial charge in [-0.3, -0.25) is 4.79 Å². The van der Waals surface area contributed by atoms with E-state index in [4.69, 9.17) is 5.73 Å². The van der Waals surface area contributed by atoms with Crippen LogP contribution in [-0.2, 0) is 4.79 Å². The van der Waals surface area contributed by atoms with Crippen molar-refractivity contribution in [1.82, 2.24) is 5.32 Å². The number of nitrogens with two attached hydrogens (primary N) is 1. The Balaban J connectivity index is 2.22. The Kier molecular flexibility index (Phi) is 7.84. The minimum atomic E-state index is 0.0895. The van der Waals surface area contributed by atoms with Gasteiger partial charge in [0, 0.05) is 24.0 Å². The van der Waals surface area contributed by atoms with Crippen LogP contribution in [0.4, 0.5) is 0 Å². The topological polar surface area (TPSA) is 55.1 Å². The third-order valence-electron chi connectivity index (χ3n) is 4.28. The van der Waals surface area contributed by atoms with E-state index in [1.54, 1.807) is 0 Å². The molecule has 1 atom stereocenters. The van der Waals surface area contributed by atoms with Gasteiger partial charge in [0.05, 0.1) is 0 Å². The minimum Gasteiger partial charge on any atom is -0.355 e. The van der Waals surface area contributed by atoms with Crippen molar-refractivity contribution in [3.63, 3.8) is 0 Å². The molecule has 0 aromatic heterocycles. The summed E-state index contributed by atoms with van der Waals surface area (Å²) in [7, 11) is 0. The average Bonchev–Trinajstić information content (AvgIpc) is 2.44. The van der Waals surface area contributed by atoms with Crippen LogP contribution in [0.3, 0.4) is 0 Å². The molecule has 0 radical (unpaired) electrons. The Morgan fingerprint density at radius 1 is 1.37 bits per heavy atom. The summed E-state index contributed by atoms with van der Waals surface area (Å²) >= 11 is 1.93. The number of thioether (sulfide) groups is 1. The zero-order valence-corrected chi connectivity index (χ0v) is 13.4. The first-order valence-electron chi connectivity index (χ1n) is 7.70. The molecule has 112 valence electrons. The standard InChI is InChI=1S/C15H30N2OS/c1-3-13(2)19-10-9-17-14(18)11-15(12-16)7-5-4-6-8-15/h13H,3-12,16H2,1-2H3,(H,17,18). The molecule has 1 fully saturated rings. The summed E-state index contributed by atoms with van der Waals surface area (Å²) in [5, 5.41) is 3.74. The molecule has 1 saturated carbocycles. The van der Waals surface area contributed by atoms with Gasteiger partial charge < -0.3 is 11.1 Å². The molecule has 0 aliphatic heterocycles. The highest BCUT2D eigenvalue weighted by atomic mass is 32.2. The second-order valence-electron chi connectivity index (χ2n) is 5.88. The second-order valence-corrected chi connectivity index (χ2v) is 7.43. The summed E-state index contributed by atoms with van der Waals surface area (Å²) in [6.07, 6.45) is 7.82. The summed E-state index contributed by atoms with van der Waals surface area (Å²) < 4.78 is 0. The third-order valence-corrected chi connectivity index (χ3v) is 5.63. The molecule has 0 spiro atoms. The van der Waals surface area contributed by atoms with Gasteiger partial charge in [0.25, 0.3) is 0 Å². The first kappa shape index (κ1) is 16.8. The maximum atomic E-state index is 12.0. The van der Waals surface area contributed by atoms with Gasteiger partial charge in [-0.05, 0) is 31.2 Å². The molecule has 3 nitrogen and oxygen atoms in total. The average molecular weight is 286 g/mol. The molecule has 3 N–H and O–H groups in total. The summed E-state index contributed by atoms with van der Waals surface area (Å²) in [6, 6.07) is 0. The van der Waals surface area contributed by atoms with Gasteiger partial charge in [-0.2, -0.15) is 11.8 Å². The van der Waals surface area contributed by atoms with Gasteiger partial charge in [0.15, 0.2) is 0 Å². The lowest BCUT2D eigenvalue weighted by Crippen LogP contribution is -2.39. The molecular weight excluding hydrogens is 256 g/mol. The highest BCUT2D eigenvalue weighted by molar-refractivity contribution is 7.99. The molecule has 0 bridgehead atoms. The highest BCUT2D eigenvalue weighted by Gasteiger charge is 2.32. The zero-order valence-electron chi connectivity index (χ0n) is 12.5. The number of amides is 1. The first-order chi connectivity index (χ1) is 9.12. The number of rotatable bonds is 8. The fraction of sp³-hybridized carbons (Fsp3) is 0.933. The van der Waals surface area contributed by atoms with Crippen LogP contribution in [0.5, 0.6) is 0 Å². The minimum absolute atomic E-state index is 0.0895. The Bertz CT molecular complexity index is 265.